The van der Waals surface area contributed by atoms with Crippen LogP contribution >= 0.6 is 0 Å². The first-order chi connectivity index (χ1) is 6.65. The van der Waals surface area contributed by atoms with E-state index in [9.17, 15) is 10.2 Å². The van der Waals surface area contributed by atoms with Crippen LogP contribution in [0.25, 0.3) is 0 Å². The van der Waals surface area contributed by atoms with Gasteiger partial charge in [-0.15, -0.1) is 0 Å². The van der Waals surface area contributed by atoms with Crippen LogP contribution in [0.3, 0.4) is 0 Å². The molecule has 0 aliphatic carbocycles. The molecular weight excluding hydrogens is 176 g/mol. The van der Waals surface area contributed by atoms with E-state index in [2.05, 4.69) is 20.8 Å². The number of rotatable bonds is 8. The highest BCUT2D eigenvalue weighted by Crippen LogP contribution is 2.18. The van der Waals surface area contributed by atoms with Gasteiger partial charge < -0.3 is 10.2 Å². The van der Waals surface area contributed by atoms with Gasteiger partial charge in [0.2, 0.25) is 0 Å². The van der Waals surface area contributed by atoms with E-state index in [0.29, 0.717) is 5.92 Å². The van der Waals surface area contributed by atoms with E-state index >= 15 is 0 Å². The Morgan fingerprint density at radius 2 is 1.43 bits per heavy atom. The minimum atomic E-state index is -0.225. The molecule has 0 saturated heterocycles. The minimum absolute atomic E-state index is 0.219. The van der Waals surface area contributed by atoms with Crippen LogP contribution in [0.1, 0.15) is 59.3 Å². The molecule has 2 heteroatoms. The zero-order chi connectivity index (χ0) is 11.0. The van der Waals surface area contributed by atoms with E-state index in [-0.39, 0.29) is 12.2 Å². The summed E-state index contributed by atoms with van der Waals surface area (Å²) in [5.41, 5.74) is 0. The zero-order valence-electron chi connectivity index (χ0n) is 9.87. The third-order valence-electron chi connectivity index (χ3n) is 3.01. The summed E-state index contributed by atoms with van der Waals surface area (Å²) in [4.78, 5) is 0. The number of aliphatic hydroxyl groups is 2. The second-order valence-electron chi connectivity index (χ2n) is 4.16. The highest BCUT2D eigenvalue weighted by molar-refractivity contribution is 4.68. The van der Waals surface area contributed by atoms with Crippen LogP contribution in [-0.2, 0) is 0 Å². The fourth-order valence-corrected chi connectivity index (χ4v) is 1.91. The molecule has 0 heterocycles. The lowest BCUT2D eigenvalue weighted by Crippen LogP contribution is -2.21. The molecule has 0 amide bonds. The van der Waals surface area contributed by atoms with Gasteiger partial charge in [-0.25, -0.2) is 0 Å². The molecular formula is C12H26O2. The maximum atomic E-state index is 9.81. The van der Waals surface area contributed by atoms with E-state index in [0.717, 1.165) is 38.5 Å². The fourth-order valence-electron chi connectivity index (χ4n) is 1.91. The van der Waals surface area contributed by atoms with Crippen molar-refractivity contribution in [2.45, 2.75) is 71.5 Å². The smallest absolute Gasteiger partial charge is 0.0569 e. The zero-order valence-corrected chi connectivity index (χ0v) is 9.87. The van der Waals surface area contributed by atoms with Crippen molar-refractivity contribution in [3.8, 4) is 0 Å². The lowest BCUT2D eigenvalue weighted by Gasteiger charge is -2.21. The van der Waals surface area contributed by atoms with Gasteiger partial charge >= 0.3 is 0 Å². The molecule has 0 aliphatic rings. The third kappa shape index (κ3) is 5.61. The molecule has 0 saturated carbocycles. The molecule has 0 rings (SSSR count). The molecule has 14 heavy (non-hydrogen) atoms. The first-order valence-corrected chi connectivity index (χ1v) is 6.01. The van der Waals surface area contributed by atoms with E-state index in [1.807, 2.05) is 0 Å². The summed E-state index contributed by atoms with van der Waals surface area (Å²) in [5.74, 6) is 0.406. The summed E-state index contributed by atoms with van der Waals surface area (Å²) in [6.07, 6.45) is 4.97. The lowest BCUT2D eigenvalue weighted by atomic mass is 9.92. The quantitative estimate of drug-likeness (QED) is 0.635. The molecule has 0 aliphatic heterocycles. The first-order valence-electron chi connectivity index (χ1n) is 6.01. The van der Waals surface area contributed by atoms with Gasteiger partial charge in [0, 0.05) is 0 Å². The molecule has 2 nitrogen and oxygen atoms in total. The van der Waals surface area contributed by atoms with Gasteiger partial charge in [-0.2, -0.15) is 0 Å². The Morgan fingerprint density at radius 3 is 1.86 bits per heavy atom. The largest absolute Gasteiger partial charge is 0.393 e. The topological polar surface area (TPSA) is 40.5 Å². The highest BCUT2D eigenvalue weighted by atomic mass is 16.3. The van der Waals surface area contributed by atoms with E-state index in [1.165, 1.54) is 0 Å². The van der Waals surface area contributed by atoms with E-state index in [4.69, 9.17) is 0 Å². The Hall–Kier alpha value is -0.0800. The highest BCUT2D eigenvalue weighted by Gasteiger charge is 2.16. The van der Waals surface area contributed by atoms with Crippen LogP contribution < -0.4 is 0 Å². The fraction of sp³-hybridized carbons (Fsp3) is 1.00. The van der Waals surface area contributed by atoms with Crippen molar-refractivity contribution >= 4 is 0 Å². The normalized spacial score (nSPS) is 15.9. The van der Waals surface area contributed by atoms with E-state index < -0.39 is 0 Å². The van der Waals surface area contributed by atoms with Gasteiger partial charge in [0.05, 0.1) is 12.2 Å². The second kappa shape index (κ2) is 8.25. The predicted octanol–water partition coefficient (Wildman–Crippen LogP) is 2.72. The van der Waals surface area contributed by atoms with Crippen molar-refractivity contribution in [3.63, 3.8) is 0 Å². The number of aliphatic hydroxyl groups excluding tert-OH is 2. The average molecular weight is 202 g/mol. The van der Waals surface area contributed by atoms with Gasteiger partial charge in [-0.1, -0.05) is 40.0 Å². The van der Waals surface area contributed by atoms with Crippen molar-refractivity contribution in [2.24, 2.45) is 5.92 Å². The summed E-state index contributed by atoms with van der Waals surface area (Å²) < 4.78 is 0. The van der Waals surface area contributed by atoms with E-state index in [1.54, 1.807) is 0 Å². The van der Waals surface area contributed by atoms with Crippen LogP contribution in [0.4, 0.5) is 0 Å². The SMILES string of the molecule is CCCC(O)CCC(O)C(CC)CC. The van der Waals surface area contributed by atoms with Crippen LogP contribution in [0, 0.1) is 5.92 Å². The lowest BCUT2D eigenvalue weighted by molar-refractivity contribution is 0.0679. The first kappa shape index (κ1) is 13.9. The number of hydrogen-bond donors (Lipinski definition) is 2. The minimum Gasteiger partial charge on any atom is -0.393 e. The molecule has 0 aromatic rings. The summed E-state index contributed by atoms with van der Waals surface area (Å²) in [6, 6.07) is 0. The maximum Gasteiger partial charge on any atom is 0.0569 e. The third-order valence-corrected chi connectivity index (χ3v) is 3.01. The molecule has 2 unspecified atom stereocenters. The Balaban J connectivity index is 3.65. The molecule has 86 valence electrons. The predicted molar refractivity (Wildman–Crippen MR) is 60.2 cm³/mol. The Morgan fingerprint density at radius 1 is 0.857 bits per heavy atom. The number of hydrogen-bond acceptors (Lipinski definition) is 2. The van der Waals surface area contributed by atoms with Crippen molar-refractivity contribution in [1.29, 1.82) is 0 Å². The van der Waals surface area contributed by atoms with Gasteiger partial charge in [0.15, 0.2) is 0 Å². The van der Waals surface area contributed by atoms with Gasteiger partial charge in [0.1, 0.15) is 0 Å². The Bertz CT molecular complexity index is 121. The van der Waals surface area contributed by atoms with Crippen molar-refractivity contribution in [3.05, 3.63) is 0 Å². The van der Waals surface area contributed by atoms with Gasteiger partial charge in [0.25, 0.3) is 0 Å². The summed E-state index contributed by atoms with van der Waals surface area (Å²) in [5, 5.41) is 19.3. The summed E-state index contributed by atoms with van der Waals surface area (Å²) >= 11 is 0. The monoisotopic (exact) mass is 202 g/mol. The molecule has 0 aromatic carbocycles. The van der Waals surface area contributed by atoms with Gasteiger partial charge in [-0.05, 0) is 25.2 Å². The summed E-state index contributed by atoms with van der Waals surface area (Å²) in [7, 11) is 0. The van der Waals surface area contributed by atoms with Crippen molar-refractivity contribution in [1.82, 2.24) is 0 Å². The van der Waals surface area contributed by atoms with Crippen LogP contribution in [0.15, 0.2) is 0 Å². The van der Waals surface area contributed by atoms with Crippen LogP contribution in [-0.4, -0.2) is 22.4 Å². The van der Waals surface area contributed by atoms with Crippen molar-refractivity contribution in [2.75, 3.05) is 0 Å². The molecule has 0 radical (unpaired) electrons. The standard InChI is InChI=1S/C12H26O2/c1-4-7-11(13)8-9-12(14)10(5-2)6-3/h10-14H,4-9H2,1-3H3. The van der Waals surface area contributed by atoms with Crippen LogP contribution in [0.5, 0.6) is 0 Å². The Labute approximate surface area is 88.3 Å². The maximum absolute atomic E-state index is 9.81. The molecule has 0 aromatic heterocycles. The molecule has 0 spiro atoms. The molecule has 2 N–H and O–H groups in total. The molecule has 2 atom stereocenters. The van der Waals surface area contributed by atoms with Crippen LogP contribution in [0.2, 0.25) is 0 Å². The Kier molecular flexibility index (Phi) is 8.20. The molecule has 0 bridgehead atoms. The second-order valence-corrected chi connectivity index (χ2v) is 4.16. The van der Waals surface area contributed by atoms with Crippen molar-refractivity contribution < 1.29 is 10.2 Å². The molecule has 0 fully saturated rings. The summed E-state index contributed by atoms with van der Waals surface area (Å²) in [6.45, 7) is 6.29. The average Bonchev–Trinajstić information content (AvgIpc) is 2.17. The van der Waals surface area contributed by atoms with Gasteiger partial charge in [-0.3, -0.25) is 0 Å².